The quantitative estimate of drug-likeness (QED) is 0.561. The van der Waals surface area contributed by atoms with Crippen molar-refractivity contribution in [2.75, 3.05) is 6.54 Å². The minimum Gasteiger partial charge on any atom is -0.341 e. The molecular formula is C24H24FN3O2. The summed E-state index contributed by atoms with van der Waals surface area (Å²) in [5.41, 5.74) is 1.89. The van der Waals surface area contributed by atoms with Crippen molar-refractivity contribution in [3.63, 3.8) is 0 Å². The van der Waals surface area contributed by atoms with Gasteiger partial charge in [0.2, 0.25) is 5.91 Å². The Morgan fingerprint density at radius 2 is 1.33 bits per heavy atom. The van der Waals surface area contributed by atoms with E-state index in [1.165, 1.54) is 12.1 Å². The first kappa shape index (κ1) is 21.0. The van der Waals surface area contributed by atoms with E-state index in [-0.39, 0.29) is 24.8 Å². The highest BCUT2D eigenvalue weighted by Crippen LogP contribution is 2.28. The zero-order valence-electron chi connectivity index (χ0n) is 16.7. The first-order valence-electron chi connectivity index (χ1n) is 9.65. The monoisotopic (exact) mass is 405 g/mol. The normalized spacial score (nSPS) is 10.9. The second kappa shape index (κ2) is 9.69. The molecular weight excluding hydrogens is 381 g/mol. The molecule has 3 aromatic rings. The molecule has 0 unspecified atom stereocenters. The number of carbonyl (C=O) groups is 2. The van der Waals surface area contributed by atoms with E-state index in [0.29, 0.717) is 0 Å². The van der Waals surface area contributed by atoms with E-state index in [0.717, 1.165) is 16.7 Å². The van der Waals surface area contributed by atoms with Gasteiger partial charge in [-0.1, -0.05) is 72.8 Å². The third-order valence-electron chi connectivity index (χ3n) is 4.87. The van der Waals surface area contributed by atoms with Gasteiger partial charge in [0.1, 0.15) is 5.82 Å². The van der Waals surface area contributed by atoms with Gasteiger partial charge in [0.05, 0.1) is 12.1 Å². The standard InChI is InChI=1S/C24H24FN3O2/c1-24(19-8-4-2-5-9-19,20-10-6-3-7-11-20)28-22(29)17-27-23(30)26-16-18-12-14-21(25)15-13-18/h2-15H,16-17H2,1H3,(H,28,29)(H2,26,27,30). The molecule has 0 spiro atoms. The Balaban J connectivity index is 1.59. The number of carbonyl (C=O) groups excluding carboxylic acids is 2. The van der Waals surface area contributed by atoms with Crippen LogP contribution in [0.25, 0.3) is 0 Å². The summed E-state index contributed by atoms with van der Waals surface area (Å²) in [4.78, 5) is 24.6. The summed E-state index contributed by atoms with van der Waals surface area (Å²) in [6, 6.07) is 24.7. The number of amides is 3. The van der Waals surface area contributed by atoms with Crippen molar-refractivity contribution in [1.29, 1.82) is 0 Å². The molecule has 3 aromatic carbocycles. The molecule has 0 aliphatic rings. The predicted octanol–water partition coefficient (Wildman–Crippen LogP) is 3.70. The first-order chi connectivity index (χ1) is 14.5. The summed E-state index contributed by atoms with van der Waals surface area (Å²) in [5, 5.41) is 8.24. The van der Waals surface area contributed by atoms with Crippen LogP contribution in [-0.4, -0.2) is 18.5 Å². The van der Waals surface area contributed by atoms with Crippen LogP contribution in [0.1, 0.15) is 23.6 Å². The molecule has 0 aromatic heterocycles. The van der Waals surface area contributed by atoms with Crippen molar-refractivity contribution in [3.05, 3.63) is 107 Å². The van der Waals surface area contributed by atoms with Crippen LogP contribution in [0.5, 0.6) is 0 Å². The Morgan fingerprint density at radius 1 is 0.800 bits per heavy atom. The lowest BCUT2D eigenvalue weighted by Crippen LogP contribution is -2.49. The zero-order valence-corrected chi connectivity index (χ0v) is 16.7. The van der Waals surface area contributed by atoms with E-state index in [1.807, 2.05) is 67.6 Å². The Labute approximate surface area is 175 Å². The Morgan fingerprint density at radius 3 is 1.87 bits per heavy atom. The molecule has 6 heteroatoms. The SMILES string of the molecule is CC(NC(=O)CNC(=O)NCc1ccc(F)cc1)(c1ccccc1)c1ccccc1. The van der Waals surface area contributed by atoms with E-state index in [1.54, 1.807) is 12.1 Å². The topological polar surface area (TPSA) is 70.2 Å². The lowest BCUT2D eigenvalue weighted by molar-refractivity contribution is -0.121. The van der Waals surface area contributed by atoms with Gasteiger partial charge in [-0.3, -0.25) is 4.79 Å². The summed E-state index contributed by atoms with van der Waals surface area (Å²) >= 11 is 0. The van der Waals surface area contributed by atoms with Gasteiger partial charge in [-0.2, -0.15) is 0 Å². The fourth-order valence-corrected chi connectivity index (χ4v) is 3.18. The van der Waals surface area contributed by atoms with Gasteiger partial charge < -0.3 is 16.0 Å². The molecule has 0 radical (unpaired) electrons. The maximum Gasteiger partial charge on any atom is 0.315 e. The molecule has 0 bridgehead atoms. The summed E-state index contributed by atoms with van der Waals surface area (Å²) < 4.78 is 12.9. The van der Waals surface area contributed by atoms with Crippen molar-refractivity contribution in [1.82, 2.24) is 16.0 Å². The zero-order chi connectivity index (χ0) is 21.4. The van der Waals surface area contributed by atoms with Crippen LogP contribution in [0.2, 0.25) is 0 Å². The van der Waals surface area contributed by atoms with E-state index >= 15 is 0 Å². The van der Waals surface area contributed by atoms with Crippen molar-refractivity contribution in [2.45, 2.75) is 19.0 Å². The van der Waals surface area contributed by atoms with E-state index in [2.05, 4.69) is 16.0 Å². The van der Waals surface area contributed by atoms with Crippen LogP contribution in [0, 0.1) is 5.82 Å². The van der Waals surface area contributed by atoms with Gasteiger partial charge in [0, 0.05) is 6.54 Å². The third kappa shape index (κ3) is 5.44. The minimum absolute atomic E-state index is 0.176. The van der Waals surface area contributed by atoms with Gasteiger partial charge >= 0.3 is 6.03 Å². The second-order valence-electron chi connectivity index (χ2n) is 7.07. The van der Waals surface area contributed by atoms with Crippen molar-refractivity contribution in [2.24, 2.45) is 0 Å². The fourth-order valence-electron chi connectivity index (χ4n) is 3.18. The van der Waals surface area contributed by atoms with Crippen LogP contribution in [-0.2, 0) is 16.9 Å². The Kier molecular flexibility index (Phi) is 6.80. The number of urea groups is 1. The number of nitrogens with one attached hydrogen (secondary N) is 3. The lowest BCUT2D eigenvalue weighted by Gasteiger charge is -2.32. The summed E-state index contributed by atoms with van der Waals surface area (Å²) in [7, 11) is 0. The van der Waals surface area contributed by atoms with Crippen molar-refractivity contribution in [3.8, 4) is 0 Å². The first-order valence-corrected chi connectivity index (χ1v) is 9.65. The average molecular weight is 405 g/mol. The summed E-state index contributed by atoms with van der Waals surface area (Å²) in [6.07, 6.45) is 0. The van der Waals surface area contributed by atoms with Crippen LogP contribution >= 0.6 is 0 Å². The number of halogens is 1. The molecule has 5 nitrogen and oxygen atoms in total. The molecule has 3 N–H and O–H groups in total. The third-order valence-corrected chi connectivity index (χ3v) is 4.87. The van der Waals surface area contributed by atoms with E-state index in [4.69, 9.17) is 0 Å². The van der Waals surface area contributed by atoms with Crippen LogP contribution in [0.3, 0.4) is 0 Å². The fraction of sp³-hybridized carbons (Fsp3) is 0.167. The molecule has 0 fully saturated rings. The Bertz CT molecular complexity index is 937. The smallest absolute Gasteiger partial charge is 0.315 e. The Hall–Kier alpha value is -3.67. The highest BCUT2D eigenvalue weighted by molar-refractivity contribution is 5.84. The summed E-state index contributed by atoms with van der Waals surface area (Å²) in [5.74, 6) is -0.651. The number of rotatable bonds is 7. The molecule has 0 atom stereocenters. The molecule has 0 heterocycles. The predicted molar refractivity (Wildman–Crippen MR) is 114 cm³/mol. The highest BCUT2D eigenvalue weighted by atomic mass is 19.1. The van der Waals surface area contributed by atoms with Crippen LogP contribution < -0.4 is 16.0 Å². The molecule has 3 rings (SSSR count). The van der Waals surface area contributed by atoms with Gasteiger partial charge in [-0.15, -0.1) is 0 Å². The number of hydrogen-bond acceptors (Lipinski definition) is 2. The molecule has 0 saturated carbocycles. The molecule has 0 saturated heterocycles. The van der Waals surface area contributed by atoms with Crippen molar-refractivity contribution >= 4 is 11.9 Å². The lowest BCUT2D eigenvalue weighted by atomic mass is 9.84. The van der Waals surface area contributed by atoms with Crippen LogP contribution in [0.4, 0.5) is 9.18 Å². The highest BCUT2D eigenvalue weighted by Gasteiger charge is 2.30. The average Bonchev–Trinajstić information content (AvgIpc) is 2.78. The van der Waals surface area contributed by atoms with Gasteiger partial charge in [0.15, 0.2) is 0 Å². The van der Waals surface area contributed by atoms with E-state index < -0.39 is 11.6 Å². The maximum atomic E-state index is 12.9. The molecule has 154 valence electrons. The second-order valence-corrected chi connectivity index (χ2v) is 7.07. The van der Waals surface area contributed by atoms with Gasteiger partial charge in [-0.05, 0) is 35.7 Å². The number of benzene rings is 3. The molecule has 3 amide bonds. The minimum atomic E-state index is -0.744. The van der Waals surface area contributed by atoms with E-state index in [9.17, 15) is 14.0 Å². The molecule has 30 heavy (non-hydrogen) atoms. The van der Waals surface area contributed by atoms with Gasteiger partial charge in [-0.25, -0.2) is 9.18 Å². The number of hydrogen-bond donors (Lipinski definition) is 3. The van der Waals surface area contributed by atoms with Crippen molar-refractivity contribution < 1.29 is 14.0 Å². The van der Waals surface area contributed by atoms with Crippen LogP contribution in [0.15, 0.2) is 84.9 Å². The largest absolute Gasteiger partial charge is 0.341 e. The molecule has 0 aliphatic heterocycles. The molecule has 0 aliphatic carbocycles. The summed E-state index contributed by atoms with van der Waals surface area (Å²) in [6.45, 7) is 1.99. The van der Waals surface area contributed by atoms with Gasteiger partial charge in [0.25, 0.3) is 0 Å². The maximum absolute atomic E-state index is 12.9.